The Morgan fingerprint density at radius 3 is 2.56 bits per heavy atom. The first kappa shape index (κ1) is 10.8. The highest BCUT2D eigenvalue weighted by Crippen LogP contribution is 2.23. The van der Waals surface area contributed by atoms with Crippen molar-refractivity contribution in [2.24, 2.45) is 0 Å². The van der Waals surface area contributed by atoms with E-state index < -0.39 is 0 Å². The number of halogens is 1. The zero-order valence-electron chi connectivity index (χ0n) is 9.03. The van der Waals surface area contributed by atoms with Gasteiger partial charge in [0.1, 0.15) is 0 Å². The van der Waals surface area contributed by atoms with Gasteiger partial charge < -0.3 is 5.73 Å². The van der Waals surface area contributed by atoms with Crippen LogP contribution in [0.5, 0.6) is 0 Å². The standard InChI is InChI=1S/C11H11ClN4/c1-6-4-3-5-8(7(6)2)9-14-10(12)16-11(13)15-9/h3-5H,1-2H3,(H2,13,14,15,16). The Balaban J connectivity index is 2.63. The summed E-state index contributed by atoms with van der Waals surface area (Å²) < 4.78 is 0. The summed E-state index contributed by atoms with van der Waals surface area (Å²) in [6, 6.07) is 5.92. The van der Waals surface area contributed by atoms with Crippen LogP contribution in [0.15, 0.2) is 18.2 Å². The normalized spacial score (nSPS) is 10.4. The molecule has 0 bridgehead atoms. The molecule has 0 aliphatic heterocycles. The number of hydrogen-bond acceptors (Lipinski definition) is 4. The van der Waals surface area contributed by atoms with E-state index in [0.717, 1.165) is 11.1 Å². The molecule has 82 valence electrons. The Bertz CT molecular complexity index is 519. The van der Waals surface area contributed by atoms with Crippen molar-refractivity contribution in [1.29, 1.82) is 0 Å². The molecule has 1 heterocycles. The topological polar surface area (TPSA) is 64.7 Å². The van der Waals surface area contributed by atoms with Gasteiger partial charge in [0.05, 0.1) is 0 Å². The lowest BCUT2D eigenvalue weighted by Gasteiger charge is -2.07. The fraction of sp³-hybridized carbons (Fsp3) is 0.182. The van der Waals surface area contributed by atoms with Crippen LogP contribution >= 0.6 is 11.6 Å². The van der Waals surface area contributed by atoms with Crippen molar-refractivity contribution in [3.05, 3.63) is 34.6 Å². The fourth-order valence-electron chi connectivity index (χ4n) is 1.48. The number of rotatable bonds is 1. The maximum Gasteiger partial charge on any atom is 0.227 e. The molecule has 0 aliphatic carbocycles. The molecule has 2 rings (SSSR count). The van der Waals surface area contributed by atoms with E-state index in [1.165, 1.54) is 5.56 Å². The highest BCUT2D eigenvalue weighted by Gasteiger charge is 2.08. The van der Waals surface area contributed by atoms with Crippen molar-refractivity contribution in [2.75, 3.05) is 5.73 Å². The van der Waals surface area contributed by atoms with E-state index in [1.54, 1.807) is 0 Å². The third kappa shape index (κ3) is 1.97. The summed E-state index contributed by atoms with van der Waals surface area (Å²) in [5.41, 5.74) is 8.75. The molecule has 0 amide bonds. The van der Waals surface area contributed by atoms with Crippen LogP contribution in [-0.4, -0.2) is 15.0 Å². The van der Waals surface area contributed by atoms with E-state index in [2.05, 4.69) is 15.0 Å². The Morgan fingerprint density at radius 2 is 1.88 bits per heavy atom. The number of aryl methyl sites for hydroxylation is 1. The lowest BCUT2D eigenvalue weighted by molar-refractivity contribution is 1.07. The average Bonchev–Trinajstić information content (AvgIpc) is 2.20. The number of hydrogen-bond donors (Lipinski definition) is 1. The zero-order chi connectivity index (χ0) is 11.7. The smallest absolute Gasteiger partial charge is 0.227 e. The second kappa shape index (κ2) is 4.06. The Kier molecular flexibility index (Phi) is 2.75. The SMILES string of the molecule is Cc1cccc(-c2nc(N)nc(Cl)n2)c1C. The van der Waals surface area contributed by atoms with Gasteiger partial charge >= 0.3 is 0 Å². The first-order valence-electron chi connectivity index (χ1n) is 4.81. The minimum Gasteiger partial charge on any atom is -0.368 e. The molecule has 0 radical (unpaired) electrons. The van der Waals surface area contributed by atoms with Gasteiger partial charge in [-0.2, -0.15) is 15.0 Å². The van der Waals surface area contributed by atoms with Crippen LogP contribution in [0.1, 0.15) is 11.1 Å². The first-order chi connectivity index (χ1) is 7.58. The van der Waals surface area contributed by atoms with Crippen molar-refractivity contribution in [3.8, 4) is 11.4 Å². The highest BCUT2D eigenvalue weighted by atomic mass is 35.5. The fourth-order valence-corrected chi connectivity index (χ4v) is 1.65. The van der Waals surface area contributed by atoms with E-state index in [0.29, 0.717) is 5.82 Å². The van der Waals surface area contributed by atoms with Crippen LogP contribution in [0.2, 0.25) is 5.28 Å². The monoisotopic (exact) mass is 234 g/mol. The minimum atomic E-state index is 0.114. The summed E-state index contributed by atoms with van der Waals surface area (Å²) in [5.74, 6) is 0.648. The summed E-state index contributed by atoms with van der Waals surface area (Å²) in [7, 11) is 0. The second-order valence-electron chi connectivity index (χ2n) is 3.53. The van der Waals surface area contributed by atoms with Crippen LogP contribution in [0.25, 0.3) is 11.4 Å². The van der Waals surface area contributed by atoms with Crippen LogP contribution < -0.4 is 5.73 Å². The van der Waals surface area contributed by atoms with Gasteiger partial charge in [0.15, 0.2) is 5.82 Å². The van der Waals surface area contributed by atoms with E-state index >= 15 is 0 Å². The molecule has 1 aromatic carbocycles. The molecule has 2 N–H and O–H groups in total. The molecule has 0 unspecified atom stereocenters. The summed E-state index contributed by atoms with van der Waals surface area (Å²) in [6.45, 7) is 4.05. The molecule has 0 atom stereocenters. The maximum absolute atomic E-state index is 5.75. The van der Waals surface area contributed by atoms with Crippen LogP contribution in [-0.2, 0) is 0 Å². The second-order valence-corrected chi connectivity index (χ2v) is 3.87. The molecule has 0 saturated carbocycles. The van der Waals surface area contributed by atoms with E-state index in [4.69, 9.17) is 17.3 Å². The Hall–Kier alpha value is -1.68. The first-order valence-corrected chi connectivity index (χ1v) is 5.19. The third-order valence-corrected chi connectivity index (χ3v) is 2.64. The van der Waals surface area contributed by atoms with E-state index in [-0.39, 0.29) is 11.2 Å². The number of aromatic nitrogens is 3. The van der Waals surface area contributed by atoms with Gasteiger partial charge in [0, 0.05) is 5.56 Å². The predicted molar refractivity (Wildman–Crippen MR) is 64.2 cm³/mol. The minimum absolute atomic E-state index is 0.114. The maximum atomic E-state index is 5.75. The molecule has 0 fully saturated rings. The van der Waals surface area contributed by atoms with Crippen molar-refractivity contribution in [1.82, 2.24) is 15.0 Å². The lowest BCUT2D eigenvalue weighted by atomic mass is 10.0. The number of anilines is 1. The number of nitrogens with two attached hydrogens (primary N) is 1. The van der Waals surface area contributed by atoms with Crippen molar-refractivity contribution >= 4 is 17.5 Å². The van der Waals surface area contributed by atoms with Gasteiger partial charge in [-0.1, -0.05) is 18.2 Å². The van der Waals surface area contributed by atoms with Gasteiger partial charge in [0.25, 0.3) is 0 Å². The summed E-state index contributed by atoms with van der Waals surface area (Å²) in [5, 5.41) is 0.114. The van der Waals surface area contributed by atoms with E-state index in [1.807, 2.05) is 32.0 Å². The van der Waals surface area contributed by atoms with Gasteiger partial charge in [-0.15, -0.1) is 0 Å². The Labute approximate surface area is 98.5 Å². The predicted octanol–water partition coefficient (Wildman–Crippen LogP) is 2.39. The zero-order valence-corrected chi connectivity index (χ0v) is 9.78. The summed E-state index contributed by atoms with van der Waals surface area (Å²) in [4.78, 5) is 11.9. The molecule has 0 spiro atoms. The molecular weight excluding hydrogens is 224 g/mol. The number of nitrogens with zero attached hydrogens (tertiary/aromatic N) is 3. The summed E-state index contributed by atoms with van der Waals surface area (Å²) >= 11 is 5.75. The Morgan fingerprint density at radius 1 is 1.12 bits per heavy atom. The molecule has 4 nitrogen and oxygen atoms in total. The molecule has 0 aliphatic rings. The van der Waals surface area contributed by atoms with Crippen LogP contribution in [0.4, 0.5) is 5.95 Å². The van der Waals surface area contributed by atoms with Crippen LogP contribution in [0.3, 0.4) is 0 Å². The van der Waals surface area contributed by atoms with Gasteiger partial charge in [0.2, 0.25) is 11.2 Å². The van der Waals surface area contributed by atoms with Crippen molar-refractivity contribution in [2.45, 2.75) is 13.8 Å². The van der Waals surface area contributed by atoms with Gasteiger partial charge in [-0.05, 0) is 36.6 Å². The van der Waals surface area contributed by atoms with Gasteiger partial charge in [-0.25, -0.2) is 0 Å². The quantitative estimate of drug-likeness (QED) is 0.823. The lowest BCUT2D eigenvalue weighted by Crippen LogP contribution is -2.01. The average molecular weight is 235 g/mol. The molecular formula is C11H11ClN4. The molecule has 0 saturated heterocycles. The van der Waals surface area contributed by atoms with E-state index in [9.17, 15) is 0 Å². The number of nitrogen functional groups attached to an aromatic ring is 1. The van der Waals surface area contributed by atoms with Gasteiger partial charge in [-0.3, -0.25) is 0 Å². The van der Waals surface area contributed by atoms with Crippen LogP contribution in [0, 0.1) is 13.8 Å². The largest absolute Gasteiger partial charge is 0.368 e. The van der Waals surface area contributed by atoms with Crippen molar-refractivity contribution < 1.29 is 0 Å². The number of benzene rings is 1. The highest BCUT2D eigenvalue weighted by molar-refractivity contribution is 6.28. The van der Waals surface area contributed by atoms with Crippen molar-refractivity contribution in [3.63, 3.8) is 0 Å². The third-order valence-electron chi connectivity index (χ3n) is 2.47. The molecule has 1 aromatic heterocycles. The molecule has 2 aromatic rings. The molecule has 5 heteroatoms. The summed E-state index contributed by atoms with van der Waals surface area (Å²) in [6.07, 6.45) is 0. The molecule has 16 heavy (non-hydrogen) atoms.